The summed E-state index contributed by atoms with van der Waals surface area (Å²) in [5.74, 6) is 1.93. The molecule has 0 spiro atoms. The van der Waals surface area contributed by atoms with Crippen molar-refractivity contribution in [2.75, 3.05) is 6.61 Å². The van der Waals surface area contributed by atoms with Crippen molar-refractivity contribution in [2.24, 2.45) is 0 Å². The molecule has 1 aliphatic rings. The smallest absolute Gasteiger partial charge is 0.133 e. The lowest BCUT2D eigenvalue weighted by molar-refractivity contribution is 0.231. The van der Waals surface area contributed by atoms with E-state index in [0.29, 0.717) is 0 Å². The number of aryl methyl sites for hydroxylation is 2. The third-order valence-electron chi connectivity index (χ3n) is 2.21. The van der Waals surface area contributed by atoms with Gasteiger partial charge in [0.1, 0.15) is 11.6 Å². The first-order chi connectivity index (χ1) is 5.33. The molecule has 0 bridgehead atoms. The molecule has 4 nitrogen and oxygen atoms in total. The lowest BCUT2D eigenvalue weighted by atomic mass is 10.2. The molecule has 1 unspecified atom stereocenters. The molecule has 1 aromatic heterocycles. The van der Waals surface area contributed by atoms with Crippen molar-refractivity contribution in [2.45, 2.75) is 25.8 Å². The van der Waals surface area contributed by atoms with Gasteiger partial charge in [0.2, 0.25) is 0 Å². The van der Waals surface area contributed by atoms with Crippen LogP contribution in [0.25, 0.3) is 0 Å². The zero-order valence-corrected chi connectivity index (χ0v) is 6.49. The Morgan fingerprint density at radius 2 is 2.45 bits per heavy atom. The van der Waals surface area contributed by atoms with E-state index >= 15 is 0 Å². The van der Waals surface area contributed by atoms with Crippen LogP contribution in [0.4, 0.5) is 0 Å². The van der Waals surface area contributed by atoms with Crippen LogP contribution in [0.1, 0.15) is 24.1 Å². The summed E-state index contributed by atoms with van der Waals surface area (Å²) < 4.78 is 2.03. The first-order valence-electron chi connectivity index (χ1n) is 3.84. The third-order valence-corrected chi connectivity index (χ3v) is 2.21. The summed E-state index contributed by atoms with van der Waals surface area (Å²) in [6, 6.07) is 0.222. The molecule has 1 aliphatic heterocycles. The SMILES string of the molecule is Cc1nnc2n1C(CO)CC2. The molecule has 1 atom stereocenters. The Kier molecular flexibility index (Phi) is 1.42. The molecule has 4 heteroatoms. The van der Waals surface area contributed by atoms with Gasteiger partial charge in [-0.2, -0.15) is 0 Å². The average molecular weight is 153 g/mol. The van der Waals surface area contributed by atoms with Crippen LogP contribution in [0.5, 0.6) is 0 Å². The summed E-state index contributed by atoms with van der Waals surface area (Å²) >= 11 is 0. The van der Waals surface area contributed by atoms with E-state index in [1.54, 1.807) is 0 Å². The topological polar surface area (TPSA) is 50.9 Å². The second kappa shape index (κ2) is 2.30. The minimum Gasteiger partial charge on any atom is -0.394 e. The lowest BCUT2D eigenvalue weighted by Gasteiger charge is -2.08. The summed E-state index contributed by atoms with van der Waals surface area (Å²) in [6.45, 7) is 2.12. The molecule has 11 heavy (non-hydrogen) atoms. The Labute approximate surface area is 64.9 Å². The number of hydrogen-bond acceptors (Lipinski definition) is 3. The maximum Gasteiger partial charge on any atom is 0.133 e. The van der Waals surface area contributed by atoms with Crippen LogP contribution in [-0.2, 0) is 6.42 Å². The lowest BCUT2D eigenvalue weighted by Crippen LogP contribution is -2.09. The van der Waals surface area contributed by atoms with Crippen LogP contribution in [0, 0.1) is 6.92 Å². The molecule has 0 saturated heterocycles. The average Bonchev–Trinajstić information content (AvgIpc) is 2.54. The van der Waals surface area contributed by atoms with E-state index in [2.05, 4.69) is 10.2 Å². The predicted octanol–water partition coefficient (Wildman–Crippen LogP) is 0.0661. The summed E-state index contributed by atoms with van der Waals surface area (Å²) in [6.07, 6.45) is 1.95. The number of nitrogens with zero attached hydrogens (tertiary/aromatic N) is 3. The first-order valence-corrected chi connectivity index (χ1v) is 3.84. The van der Waals surface area contributed by atoms with Gasteiger partial charge in [-0.25, -0.2) is 0 Å². The highest BCUT2D eigenvalue weighted by Crippen LogP contribution is 2.24. The molecule has 0 radical (unpaired) electrons. The molecule has 0 aliphatic carbocycles. The fourth-order valence-corrected chi connectivity index (χ4v) is 1.66. The molecule has 0 saturated carbocycles. The molecular formula is C7H11N3O. The Bertz CT molecular complexity index is 269. The van der Waals surface area contributed by atoms with Gasteiger partial charge in [0, 0.05) is 6.42 Å². The summed E-state index contributed by atoms with van der Waals surface area (Å²) in [5.41, 5.74) is 0. The van der Waals surface area contributed by atoms with Crippen molar-refractivity contribution in [3.8, 4) is 0 Å². The molecular weight excluding hydrogens is 142 g/mol. The van der Waals surface area contributed by atoms with Crippen molar-refractivity contribution in [3.63, 3.8) is 0 Å². The highest BCUT2D eigenvalue weighted by molar-refractivity contribution is 5.03. The zero-order chi connectivity index (χ0) is 7.84. The van der Waals surface area contributed by atoms with E-state index in [4.69, 9.17) is 5.11 Å². The largest absolute Gasteiger partial charge is 0.394 e. The summed E-state index contributed by atoms with van der Waals surface area (Å²) in [7, 11) is 0. The Morgan fingerprint density at radius 1 is 1.64 bits per heavy atom. The van der Waals surface area contributed by atoms with Gasteiger partial charge in [0.05, 0.1) is 12.6 Å². The van der Waals surface area contributed by atoms with E-state index in [0.717, 1.165) is 24.5 Å². The van der Waals surface area contributed by atoms with Gasteiger partial charge in [0.25, 0.3) is 0 Å². The number of aromatic nitrogens is 3. The van der Waals surface area contributed by atoms with Crippen LogP contribution in [-0.4, -0.2) is 26.5 Å². The molecule has 2 rings (SSSR count). The Morgan fingerprint density at radius 3 is 3.18 bits per heavy atom. The van der Waals surface area contributed by atoms with Crippen molar-refractivity contribution in [1.29, 1.82) is 0 Å². The van der Waals surface area contributed by atoms with Crippen molar-refractivity contribution >= 4 is 0 Å². The minimum atomic E-state index is 0.200. The number of rotatable bonds is 1. The van der Waals surface area contributed by atoms with E-state index in [1.165, 1.54) is 0 Å². The van der Waals surface area contributed by atoms with Crippen molar-refractivity contribution in [3.05, 3.63) is 11.6 Å². The maximum atomic E-state index is 8.98. The second-order valence-corrected chi connectivity index (χ2v) is 2.91. The molecule has 1 aromatic rings. The van der Waals surface area contributed by atoms with Crippen LogP contribution in [0.2, 0.25) is 0 Å². The van der Waals surface area contributed by atoms with Gasteiger partial charge in [0.15, 0.2) is 0 Å². The molecule has 0 fully saturated rings. The van der Waals surface area contributed by atoms with E-state index < -0.39 is 0 Å². The first kappa shape index (κ1) is 6.79. The molecule has 60 valence electrons. The Balaban J connectivity index is 2.42. The third kappa shape index (κ3) is 0.860. The van der Waals surface area contributed by atoms with Crippen LogP contribution in [0.15, 0.2) is 0 Å². The number of fused-ring (bicyclic) bond motifs is 1. The monoisotopic (exact) mass is 153 g/mol. The number of aliphatic hydroxyl groups excluding tert-OH is 1. The molecule has 0 aromatic carbocycles. The predicted molar refractivity (Wildman–Crippen MR) is 39.2 cm³/mol. The van der Waals surface area contributed by atoms with Gasteiger partial charge < -0.3 is 9.67 Å². The van der Waals surface area contributed by atoms with E-state index in [1.807, 2.05) is 11.5 Å². The normalized spacial score (nSPS) is 22.2. The Hall–Kier alpha value is -0.900. The highest BCUT2D eigenvalue weighted by atomic mass is 16.3. The summed E-state index contributed by atoms with van der Waals surface area (Å²) in [4.78, 5) is 0. The van der Waals surface area contributed by atoms with Gasteiger partial charge in [-0.1, -0.05) is 0 Å². The van der Waals surface area contributed by atoms with Gasteiger partial charge in [-0.3, -0.25) is 0 Å². The van der Waals surface area contributed by atoms with Crippen molar-refractivity contribution in [1.82, 2.24) is 14.8 Å². The van der Waals surface area contributed by atoms with Crippen LogP contribution >= 0.6 is 0 Å². The van der Waals surface area contributed by atoms with Gasteiger partial charge in [-0.15, -0.1) is 10.2 Å². The second-order valence-electron chi connectivity index (χ2n) is 2.91. The standard InChI is InChI=1S/C7H11N3O/c1-5-8-9-7-3-2-6(4-11)10(5)7/h6,11H,2-4H2,1H3. The molecule has 2 heterocycles. The number of aliphatic hydroxyl groups is 1. The fourth-order valence-electron chi connectivity index (χ4n) is 1.66. The van der Waals surface area contributed by atoms with Gasteiger partial charge in [-0.05, 0) is 13.3 Å². The molecule has 1 N–H and O–H groups in total. The fraction of sp³-hybridized carbons (Fsp3) is 0.714. The van der Waals surface area contributed by atoms with Crippen LogP contribution in [0.3, 0.4) is 0 Å². The molecule has 0 amide bonds. The van der Waals surface area contributed by atoms with E-state index in [-0.39, 0.29) is 12.6 Å². The van der Waals surface area contributed by atoms with Crippen molar-refractivity contribution < 1.29 is 5.11 Å². The number of hydrogen-bond donors (Lipinski definition) is 1. The van der Waals surface area contributed by atoms with Gasteiger partial charge >= 0.3 is 0 Å². The quantitative estimate of drug-likeness (QED) is 0.621. The van der Waals surface area contributed by atoms with Crippen LogP contribution < -0.4 is 0 Å². The van der Waals surface area contributed by atoms with E-state index in [9.17, 15) is 0 Å². The zero-order valence-electron chi connectivity index (χ0n) is 6.49. The minimum absolute atomic E-state index is 0.200. The summed E-state index contributed by atoms with van der Waals surface area (Å²) in [5, 5.41) is 16.9. The maximum absolute atomic E-state index is 8.98. The highest BCUT2D eigenvalue weighted by Gasteiger charge is 2.24.